The number of hydrogen-bond acceptors (Lipinski definition) is 7. The molecule has 23 heavy (non-hydrogen) atoms. The average Bonchev–Trinajstić information content (AvgIpc) is 2.89. The minimum absolute atomic E-state index is 0.0266. The predicted molar refractivity (Wildman–Crippen MR) is 79.6 cm³/mol. The van der Waals surface area contributed by atoms with E-state index in [1.165, 1.54) is 12.3 Å². The maximum absolute atomic E-state index is 12.0. The molecule has 2 heterocycles. The van der Waals surface area contributed by atoms with Gasteiger partial charge in [-0.15, -0.1) is 0 Å². The van der Waals surface area contributed by atoms with Crippen LogP contribution in [0.3, 0.4) is 0 Å². The van der Waals surface area contributed by atoms with E-state index in [0.717, 1.165) is 4.57 Å². The normalized spacial score (nSPS) is 23.6. The lowest BCUT2D eigenvalue weighted by atomic mass is 10.2. The molecule has 1 saturated heterocycles. The van der Waals surface area contributed by atoms with Crippen LogP contribution in [-0.2, 0) is 9.47 Å². The summed E-state index contributed by atoms with van der Waals surface area (Å²) in [5, 5.41) is 10.3. The fourth-order valence-electron chi connectivity index (χ4n) is 2.32. The molecule has 3 N–H and O–H groups in total. The van der Waals surface area contributed by atoms with Crippen LogP contribution in [0.5, 0.6) is 0 Å². The summed E-state index contributed by atoms with van der Waals surface area (Å²) in [6.45, 7) is -0.0266. The number of carbonyl (C=O) groups is 1. The lowest BCUT2D eigenvalue weighted by Gasteiger charge is -2.19. The molecule has 1 fully saturated rings. The van der Waals surface area contributed by atoms with Crippen molar-refractivity contribution in [2.45, 2.75) is 18.4 Å². The smallest absolute Gasteiger partial charge is 0.351 e. The molecular weight excluding hydrogens is 302 g/mol. The van der Waals surface area contributed by atoms with Crippen LogP contribution in [0, 0.1) is 0 Å². The number of nitrogens with zero attached hydrogens (tertiary/aromatic N) is 2. The van der Waals surface area contributed by atoms with E-state index in [1.807, 2.05) is 0 Å². The topological polar surface area (TPSA) is 117 Å². The average molecular weight is 317 g/mol. The maximum atomic E-state index is 12.0. The number of rotatable bonds is 3. The van der Waals surface area contributed by atoms with Gasteiger partial charge in [-0.2, -0.15) is 4.98 Å². The van der Waals surface area contributed by atoms with Gasteiger partial charge in [-0.3, -0.25) is 4.57 Å². The van der Waals surface area contributed by atoms with Crippen molar-refractivity contribution in [3.63, 3.8) is 0 Å². The number of nitrogen functional groups attached to an aromatic ring is 1. The minimum atomic E-state index is -1.19. The van der Waals surface area contributed by atoms with E-state index in [9.17, 15) is 14.7 Å². The lowest BCUT2D eigenvalue weighted by molar-refractivity contribution is -0.0283. The van der Waals surface area contributed by atoms with Gasteiger partial charge in [0.2, 0.25) is 0 Å². The van der Waals surface area contributed by atoms with Crippen LogP contribution < -0.4 is 11.4 Å². The highest BCUT2D eigenvalue weighted by Crippen LogP contribution is 2.25. The molecule has 120 valence electrons. The first-order chi connectivity index (χ1) is 11.1. The fraction of sp³-hybridized carbons (Fsp3) is 0.267. The molecule has 3 rings (SSSR count). The van der Waals surface area contributed by atoms with Gasteiger partial charge in [-0.1, -0.05) is 18.2 Å². The number of aromatic nitrogens is 2. The fourth-order valence-corrected chi connectivity index (χ4v) is 2.32. The Labute approximate surface area is 131 Å². The molecule has 1 aliphatic heterocycles. The van der Waals surface area contributed by atoms with E-state index in [2.05, 4.69) is 4.98 Å². The Morgan fingerprint density at radius 2 is 2.09 bits per heavy atom. The van der Waals surface area contributed by atoms with E-state index in [4.69, 9.17) is 15.2 Å². The highest BCUT2D eigenvalue weighted by Gasteiger charge is 2.40. The van der Waals surface area contributed by atoms with Gasteiger partial charge in [0.15, 0.2) is 12.3 Å². The number of ether oxygens (including phenoxy) is 2. The zero-order chi connectivity index (χ0) is 16.4. The molecule has 0 bridgehead atoms. The van der Waals surface area contributed by atoms with E-state index < -0.39 is 30.1 Å². The third-order valence-corrected chi connectivity index (χ3v) is 3.50. The molecule has 0 radical (unpaired) electrons. The first kappa shape index (κ1) is 15.2. The van der Waals surface area contributed by atoms with Gasteiger partial charge in [0.25, 0.3) is 0 Å². The second-order valence-corrected chi connectivity index (χ2v) is 5.07. The van der Waals surface area contributed by atoms with Crippen molar-refractivity contribution in [2.75, 3.05) is 12.3 Å². The SMILES string of the molecule is Nc1ccn([C@@H]2OC[C@H](OC(=O)c3ccccc3)[C@H]2O)c(=O)n1. The Morgan fingerprint density at radius 1 is 1.35 bits per heavy atom. The summed E-state index contributed by atoms with van der Waals surface area (Å²) in [5.74, 6) is -0.493. The van der Waals surface area contributed by atoms with Crippen LogP contribution in [0.2, 0.25) is 0 Å². The highest BCUT2D eigenvalue weighted by atomic mass is 16.6. The molecular formula is C15H15N3O5. The van der Waals surface area contributed by atoms with Crippen LogP contribution in [0.1, 0.15) is 16.6 Å². The van der Waals surface area contributed by atoms with Crippen LogP contribution in [0.4, 0.5) is 5.82 Å². The summed E-state index contributed by atoms with van der Waals surface area (Å²) < 4.78 is 11.7. The standard InChI is InChI=1S/C15H15N3O5/c16-11-6-7-18(15(21)17-11)13-12(19)10(8-22-13)23-14(20)9-4-2-1-3-5-9/h1-7,10,12-13,19H,8H2,(H2,16,17,21)/t10-,12+,13+/m0/s1. The number of hydrogen-bond donors (Lipinski definition) is 2. The summed E-state index contributed by atoms with van der Waals surface area (Å²) >= 11 is 0. The van der Waals surface area contributed by atoms with Crippen molar-refractivity contribution < 1.29 is 19.4 Å². The van der Waals surface area contributed by atoms with Crippen LogP contribution >= 0.6 is 0 Å². The van der Waals surface area contributed by atoms with Crippen molar-refractivity contribution in [2.24, 2.45) is 0 Å². The second-order valence-electron chi connectivity index (χ2n) is 5.07. The molecule has 0 aliphatic carbocycles. The largest absolute Gasteiger partial charge is 0.453 e. The summed E-state index contributed by atoms with van der Waals surface area (Å²) in [4.78, 5) is 27.4. The number of nitrogens with two attached hydrogens (primary N) is 1. The van der Waals surface area contributed by atoms with Gasteiger partial charge in [-0.25, -0.2) is 9.59 Å². The maximum Gasteiger partial charge on any atom is 0.351 e. The van der Waals surface area contributed by atoms with E-state index in [-0.39, 0.29) is 12.4 Å². The number of anilines is 1. The second kappa shape index (κ2) is 6.19. The van der Waals surface area contributed by atoms with Crippen LogP contribution in [0.25, 0.3) is 0 Å². The molecule has 1 aromatic carbocycles. The molecule has 2 aromatic rings. The lowest BCUT2D eigenvalue weighted by Crippen LogP contribution is -2.36. The molecule has 8 nitrogen and oxygen atoms in total. The van der Waals surface area contributed by atoms with Crippen molar-refractivity contribution in [1.82, 2.24) is 9.55 Å². The summed E-state index contributed by atoms with van der Waals surface area (Å²) in [7, 11) is 0. The van der Waals surface area contributed by atoms with Crippen molar-refractivity contribution in [1.29, 1.82) is 0 Å². The summed E-state index contributed by atoms with van der Waals surface area (Å²) in [6.07, 6.45) is -1.67. The summed E-state index contributed by atoms with van der Waals surface area (Å²) in [5.41, 5.74) is 5.14. The molecule has 3 atom stereocenters. The molecule has 0 saturated carbocycles. The Balaban J connectivity index is 1.73. The monoisotopic (exact) mass is 317 g/mol. The summed E-state index contributed by atoms with van der Waals surface area (Å²) in [6, 6.07) is 9.83. The zero-order valence-electron chi connectivity index (χ0n) is 12.0. The number of aliphatic hydroxyl groups is 1. The van der Waals surface area contributed by atoms with E-state index in [1.54, 1.807) is 30.3 Å². The minimum Gasteiger partial charge on any atom is -0.453 e. The predicted octanol–water partition coefficient (Wildman–Crippen LogP) is -0.0592. The number of benzene rings is 1. The third kappa shape index (κ3) is 3.08. The van der Waals surface area contributed by atoms with Gasteiger partial charge < -0.3 is 20.3 Å². The van der Waals surface area contributed by atoms with Gasteiger partial charge in [-0.05, 0) is 18.2 Å². The number of aliphatic hydroxyl groups excluding tert-OH is 1. The van der Waals surface area contributed by atoms with Crippen molar-refractivity contribution in [3.8, 4) is 0 Å². The molecule has 0 amide bonds. The van der Waals surface area contributed by atoms with Gasteiger partial charge in [0.05, 0.1) is 12.2 Å². The molecule has 0 spiro atoms. The van der Waals surface area contributed by atoms with Crippen LogP contribution in [-0.4, -0.2) is 39.4 Å². The first-order valence-electron chi connectivity index (χ1n) is 6.96. The third-order valence-electron chi connectivity index (χ3n) is 3.50. The van der Waals surface area contributed by atoms with Gasteiger partial charge in [0.1, 0.15) is 11.9 Å². The Morgan fingerprint density at radius 3 is 2.78 bits per heavy atom. The number of carbonyl (C=O) groups excluding carboxylic acids is 1. The van der Waals surface area contributed by atoms with Crippen LogP contribution in [0.15, 0.2) is 47.4 Å². The van der Waals surface area contributed by atoms with Crippen molar-refractivity contribution >= 4 is 11.8 Å². The van der Waals surface area contributed by atoms with Crippen molar-refractivity contribution in [3.05, 3.63) is 58.6 Å². The Hall–Kier alpha value is -2.71. The quantitative estimate of drug-likeness (QED) is 0.762. The van der Waals surface area contributed by atoms with E-state index in [0.29, 0.717) is 5.56 Å². The molecule has 0 unspecified atom stereocenters. The number of esters is 1. The van der Waals surface area contributed by atoms with Gasteiger partial charge in [0, 0.05) is 6.20 Å². The highest BCUT2D eigenvalue weighted by molar-refractivity contribution is 5.89. The Bertz CT molecular complexity index is 761. The molecule has 8 heteroatoms. The Kier molecular flexibility index (Phi) is 4.09. The van der Waals surface area contributed by atoms with E-state index >= 15 is 0 Å². The molecule has 1 aliphatic rings. The first-order valence-corrected chi connectivity index (χ1v) is 6.96. The molecule has 1 aromatic heterocycles. The zero-order valence-corrected chi connectivity index (χ0v) is 12.0. The van der Waals surface area contributed by atoms with Gasteiger partial charge >= 0.3 is 11.7 Å².